The third kappa shape index (κ3) is 3.03. The van der Waals surface area contributed by atoms with Gasteiger partial charge < -0.3 is 11.1 Å². The van der Waals surface area contributed by atoms with Crippen LogP contribution >= 0.6 is 0 Å². The zero-order valence-corrected chi connectivity index (χ0v) is 10.1. The van der Waals surface area contributed by atoms with Crippen molar-refractivity contribution in [1.82, 2.24) is 10.3 Å². The molecule has 0 bridgehead atoms. The molecule has 1 aliphatic rings. The van der Waals surface area contributed by atoms with Crippen molar-refractivity contribution >= 4 is 5.91 Å². The molecule has 1 heterocycles. The Bertz CT molecular complexity index is 385. The molecule has 1 saturated carbocycles. The summed E-state index contributed by atoms with van der Waals surface area (Å²) in [5, 5.41) is 2.89. The van der Waals surface area contributed by atoms with Crippen molar-refractivity contribution < 1.29 is 4.79 Å². The average molecular weight is 233 g/mol. The van der Waals surface area contributed by atoms with Crippen molar-refractivity contribution in [2.24, 2.45) is 11.7 Å². The molecule has 4 nitrogen and oxygen atoms in total. The zero-order valence-electron chi connectivity index (χ0n) is 10.1. The second-order valence-corrected chi connectivity index (χ2v) is 4.88. The summed E-state index contributed by atoms with van der Waals surface area (Å²) in [6, 6.07) is 5.78. The molecule has 0 radical (unpaired) electrons. The number of hydrogen-bond donors (Lipinski definition) is 2. The lowest BCUT2D eigenvalue weighted by molar-refractivity contribution is -0.126. The van der Waals surface area contributed by atoms with Gasteiger partial charge in [-0.15, -0.1) is 0 Å². The van der Waals surface area contributed by atoms with Crippen LogP contribution in [0.5, 0.6) is 0 Å². The van der Waals surface area contributed by atoms with E-state index >= 15 is 0 Å². The maximum atomic E-state index is 11.9. The highest BCUT2D eigenvalue weighted by Gasteiger charge is 2.43. The number of aromatic nitrogens is 1. The Kier molecular flexibility index (Phi) is 3.43. The van der Waals surface area contributed by atoms with Crippen molar-refractivity contribution in [2.45, 2.75) is 31.7 Å². The van der Waals surface area contributed by atoms with Gasteiger partial charge in [-0.1, -0.05) is 6.07 Å². The molecule has 17 heavy (non-hydrogen) atoms. The van der Waals surface area contributed by atoms with Crippen LogP contribution in [0.2, 0.25) is 0 Å². The second-order valence-electron chi connectivity index (χ2n) is 4.88. The van der Waals surface area contributed by atoms with Gasteiger partial charge in [-0.3, -0.25) is 9.78 Å². The summed E-state index contributed by atoms with van der Waals surface area (Å²) in [6.45, 7) is 2.41. The molecule has 1 fully saturated rings. The molecule has 1 aromatic heterocycles. The number of nitrogens with one attached hydrogen (secondary N) is 1. The standard InChI is InChI=1S/C13H19N3O/c1-13(14,10-5-6-10)12(17)16-9-7-11-4-2-3-8-15-11/h2-4,8,10H,5-7,9,14H2,1H3,(H,16,17). The number of nitrogens with two attached hydrogens (primary N) is 1. The van der Waals surface area contributed by atoms with E-state index in [1.807, 2.05) is 25.1 Å². The summed E-state index contributed by atoms with van der Waals surface area (Å²) >= 11 is 0. The lowest BCUT2D eigenvalue weighted by Crippen LogP contribution is -2.53. The first-order valence-electron chi connectivity index (χ1n) is 6.08. The summed E-state index contributed by atoms with van der Waals surface area (Å²) in [5.74, 6) is 0.313. The van der Waals surface area contributed by atoms with E-state index in [1.54, 1.807) is 6.20 Å². The van der Waals surface area contributed by atoms with Gasteiger partial charge in [0.25, 0.3) is 0 Å². The predicted molar refractivity (Wildman–Crippen MR) is 66.3 cm³/mol. The molecule has 0 spiro atoms. The molecule has 1 aromatic rings. The van der Waals surface area contributed by atoms with Gasteiger partial charge in [0.15, 0.2) is 0 Å². The molecular weight excluding hydrogens is 214 g/mol. The van der Waals surface area contributed by atoms with E-state index in [0.717, 1.165) is 25.0 Å². The highest BCUT2D eigenvalue weighted by Crippen LogP contribution is 2.37. The SMILES string of the molecule is CC(N)(C(=O)NCCc1ccccn1)C1CC1. The van der Waals surface area contributed by atoms with Crippen LogP contribution in [0.25, 0.3) is 0 Å². The van der Waals surface area contributed by atoms with Gasteiger partial charge in [-0.2, -0.15) is 0 Å². The van der Waals surface area contributed by atoms with Crippen LogP contribution in [0.15, 0.2) is 24.4 Å². The Labute approximate surface area is 102 Å². The monoisotopic (exact) mass is 233 g/mol. The van der Waals surface area contributed by atoms with Crippen molar-refractivity contribution in [3.8, 4) is 0 Å². The van der Waals surface area contributed by atoms with Crippen LogP contribution < -0.4 is 11.1 Å². The summed E-state index contributed by atoms with van der Waals surface area (Å²) < 4.78 is 0. The molecular formula is C13H19N3O. The molecule has 1 aliphatic carbocycles. The smallest absolute Gasteiger partial charge is 0.240 e. The third-order valence-electron chi connectivity index (χ3n) is 3.31. The summed E-state index contributed by atoms with van der Waals surface area (Å²) in [4.78, 5) is 16.1. The van der Waals surface area contributed by atoms with Crippen LogP contribution in [0.4, 0.5) is 0 Å². The Hall–Kier alpha value is -1.42. The Morgan fingerprint density at radius 2 is 2.35 bits per heavy atom. The van der Waals surface area contributed by atoms with E-state index in [2.05, 4.69) is 10.3 Å². The Morgan fingerprint density at radius 1 is 1.59 bits per heavy atom. The van der Waals surface area contributed by atoms with E-state index in [-0.39, 0.29) is 5.91 Å². The molecule has 1 amide bonds. The molecule has 0 saturated heterocycles. The van der Waals surface area contributed by atoms with Crippen molar-refractivity contribution in [3.05, 3.63) is 30.1 Å². The summed E-state index contributed by atoms with van der Waals surface area (Å²) in [7, 11) is 0. The molecule has 0 aromatic carbocycles. The first kappa shape index (κ1) is 12.0. The molecule has 0 aliphatic heterocycles. The number of amides is 1. The number of carbonyl (C=O) groups is 1. The van der Waals surface area contributed by atoms with E-state index < -0.39 is 5.54 Å². The van der Waals surface area contributed by atoms with Crippen LogP contribution in [-0.2, 0) is 11.2 Å². The summed E-state index contributed by atoms with van der Waals surface area (Å²) in [6.07, 6.45) is 4.64. The second kappa shape index (κ2) is 4.84. The van der Waals surface area contributed by atoms with Crippen LogP contribution in [0.1, 0.15) is 25.5 Å². The number of nitrogens with zero attached hydrogens (tertiary/aromatic N) is 1. The first-order chi connectivity index (χ1) is 8.10. The molecule has 2 rings (SSSR count). The van der Waals surface area contributed by atoms with Gasteiger partial charge in [0.2, 0.25) is 5.91 Å². The molecule has 4 heteroatoms. The van der Waals surface area contributed by atoms with Crippen molar-refractivity contribution in [3.63, 3.8) is 0 Å². The highest BCUT2D eigenvalue weighted by molar-refractivity contribution is 5.86. The topological polar surface area (TPSA) is 68.0 Å². The van der Waals surface area contributed by atoms with Gasteiger partial charge in [-0.25, -0.2) is 0 Å². The fourth-order valence-electron chi connectivity index (χ4n) is 1.91. The van der Waals surface area contributed by atoms with E-state index in [9.17, 15) is 4.79 Å². The van der Waals surface area contributed by atoms with Gasteiger partial charge in [0, 0.05) is 24.9 Å². The van der Waals surface area contributed by atoms with Crippen LogP contribution in [0.3, 0.4) is 0 Å². The lowest BCUT2D eigenvalue weighted by Gasteiger charge is -2.23. The number of rotatable bonds is 5. The summed E-state index contributed by atoms with van der Waals surface area (Å²) in [5.41, 5.74) is 6.30. The lowest BCUT2D eigenvalue weighted by atomic mass is 9.96. The van der Waals surface area contributed by atoms with Gasteiger partial charge in [0.05, 0.1) is 5.54 Å². The van der Waals surface area contributed by atoms with E-state index in [4.69, 9.17) is 5.73 Å². The number of pyridine rings is 1. The maximum absolute atomic E-state index is 11.9. The third-order valence-corrected chi connectivity index (χ3v) is 3.31. The number of carbonyl (C=O) groups excluding carboxylic acids is 1. The molecule has 1 unspecified atom stereocenters. The Balaban J connectivity index is 1.77. The minimum Gasteiger partial charge on any atom is -0.354 e. The van der Waals surface area contributed by atoms with E-state index in [0.29, 0.717) is 12.5 Å². The molecule has 1 atom stereocenters. The molecule has 3 N–H and O–H groups in total. The average Bonchev–Trinajstić information content (AvgIpc) is 3.14. The predicted octanol–water partition coefficient (Wildman–Crippen LogP) is 0.868. The van der Waals surface area contributed by atoms with Crippen molar-refractivity contribution in [2.75, 3.05) is 6.54 Å². The highest BCUT2D eigenvalue weighted by atomic mass is 16.2. The fourth-order valence-corrected chi connectivity index (χ4v) is 1.91. The van der Waals surface area contributed by atoms with Gasteiger partial charge in [0.1, 0.15) is 0 Å². The van der Waals surface area contributed by atoms with Crippen LogP contribution in [0, 0.1) is 5.92 Å². The largest absolute Gasteiger partial charge is 0.354 e. The maximum Gasteiger partial charge on any atom is 0.240 e. The minimum absolute atomic E-state index is 0.0454. The normalized spacial score (nSPS) is 18.5. The minimum atomic E-state index is -0.704. The number of hydrogen-bond acceptors (Lipinski definition) is 3. The molecule has 92 valence electrons. The van der Waals surface area contributed by atoms with Crippen molar-refractivity contribution in [1.29, 1.82) is 0 Å². The van der Waals surface area contributed by atoms with Gasteiger partial charge in [-0.05, 0) is 37.8 Å². The van der Waals surface area contributed by atoms with E-state index in [1.165, 1.54) is 0 Å². The van der Waals surface area contributed by atoms with Gasteiger partial charge >= 0.3 is 0 Å². The Morgan fingerprint density at radius 3 is 2.94 bits per heavy atom. The fraction of sp³-hybridized carbons (Fsp3) is 0.538. The quantitative estimate of drug-likeness (QED) is 0.793. The van der Waals surface area contributed by atoms with Crippen LogP contribution in [-0.4, -0.2) is 23.0 Å². The first-order valence-corrected chi connectivity index (χ1v) is 6.08. The zero-order chi connectivity index (χ0) is 12.3.